The zero-order valence-electron chi connectivity index (χ0n) is 63.5. The Morgan fingerprint density at radius 2 is 0.491 bits per heavy atom. The molecule has 542 valence electrons. The minimum Gasteiger partial charge on any atom is -0.310 e. The Balaban J connectivity index is 0.600. The summed E-state index contributed by atoms with van der Waals surface area (Å²) < 4.78 is 4.92. The van der Waals surface area contributed by atoms with Crippen LogP contribution >= 0.6 is 0 Å². The third kappa shape index (κ3) is 12.0. The fraction of sp³-hybridized carbons (Fsp3) is 0. The highest BCUT2D eigenvalue weighted by Crippen LogP contribution is 2.46. The number of benzene rings is 20. The summed E-state index contributed by atoms with van der Waals surface area (Å²) in [6, 6.07) is 165. The molecule has 0 aliphatic rings. The lowest BCUT2D eigenvalue weighted by molar-refractivity contribution is 1.18. The monoisotopic (exact) mass is 1470 g/mol. The third-order valence-corrected chi connectivity index (χ3v) is 23.6. The summed E-state index contributed by atoms with van der Waals surface area (Å²) in [7, 11) is 0. The van der Waals surface area contributed by atoms with Gasteiger partial charge in [-0.2, -0.15) is 0 Å². The van der Waals surface area contributed by atoms with Crippen molar-refractivity contribution in [3.8, 4) is 89.3 Å². The fourth-order valence-electron chi connectivity index (χ4n) is 18.0. The summed E-state index contributed by atoms with van der Waals surface area (Å²) in [5.74, 6) is 0. The van der Waals surface area contributed by atoms with Crippen molar-refractivity contribution in [1.29, 1.82) is 0 Å². The Morgan fingerprint density at radius 3 is 1.06 bits per heavy atom. The van der Waals surface area contributed by atoms with E-state index in [0.717, 1.165) is 101 Å². The van der Waals surface area contributed by atoms with Crippen LogP contribution < -0.4 is 9.80 Å². The van der Waals surface area contributed by atoms with E-state index in [1.54, 1.807) is 0 Å². The molecule has 0 N–H and O–H groups in total. The number of anilines is 6. The highest BCUT2D eigenvalue weighted by molar-refractivity contribution is 6.19. The minimum absolute atomic E-state index is 1.06. The zero-order chi connectivity index (χ0) is 76.6. The maximum absolute atomic E-state index is 2.49. The largest absolute Gasteiger partial charge is 0.310 e. The maximum atomic E-state index is 2.49. The molecule has 4 nitrogen and oxygen atoms in total. The highest BCUT2D eigenvalue weighted by atomic mass is 15.1. The number of para-hydroxylation sites is 2. The number of hydrogen-bond donors (Lipinski definition) is 0. The lowest BCUT2D eigenvalue weighted by Gasteiger charge is -2.27. The number of hydrogen-bond acceptors (Lipinski definition) is 2. The van der Waals surface area contributed by atoms with E-state index in [-0.39, 0.29) is 0 Å². The molecule has 0 saturated carbocycles. The molecule has 0 saturated heterocycles. The smallest absolute Gasteiger partial charge is 0.0619 e. The van der Waals surface area contributed by atoms with Crippen molar-refractivity contribution in [2.24, 2.45) is 0 Å². The van der Waals surface area contributed by atoms with Crippen molar-refractivity contribution in [2.75, 3.05) is 9.80 Å². The topological polar surface area (TPSA) is 16.3 Å². The maximum Gasteiger partial charge on any atom is 0.0619 e. The summed E-state index contributed by atoms with van der Waals surface area (Å²) >= 11 is 0. The van der Waals surface area contributed by atoms with Crippen LogP contribution in [0.1, 0.15) is 0 Å². The Bertz CT molecular complexity index is 7570. The molecule has 0 aliphatic carbocycles. The van der Waals surface area contributed by atoms with E-state index in [1.807, 2.05) is 0 Å². The van der Waals surface area contributed by atoms with Crippen LogP contribution in [0.5, 0.6) is 0 Å². The fourth-order valence-corrected chi connectivity index (χ4v) is 18.0. The van der Waals surface area contributed by atoms with Crippen molar-refractivity contribution in [3.05, 3.63) is 449 Å². The Morgan fingerprint density at radius 1 is 0.147 bits per heavy atom. The Hall–Kier alpha value is -15.4. The summed E-state index contributed by atoms with van der Waals surface area (Å²) in [6.45, 7) is 0. The molecule has 22 aromatic rings. The van der Waals surface area contributed by atoms with Gasteiger partial charge in [0.2, 0.25) is 0 Å². The Kier molecular flexibility index (Phi) is 16.6. The minimum atomic E-state index is 1.06. The lowest BCUT2D eigenvalue weighted by atomic mass is 9.97. The van der Waals surface area contributed by atoms with Gasteiger partial charge in [-0.3, -0.25) is 0 Å². The summed E-state index contributed by atoms with van der Waals surface area (Å²) in [6.07, 6.45) is 0. The van der Waals surface area contributed by atoms with Gasteiger partial charge in [-0.05, 0) is 243 Å². The van der Waals surface area contributed by atoms with E-state index in [4.69, 9.17) is 0 Å². The zero-order valence-corrected chi connectivity index (χ0v) is 63.5. The number of rotatable bonds is 15. The van der Waals surface area contributed by atoms with Gasteiger partial charge in [0.1, 0.15) is 0 Å². The van der Waals surface area contributed by atoms with Crippen LogP contribution in [0.4, 0.5) is 34.1 Å². The first-order valence-electron chi connectivity index (χ1n) is 39.9. The van der Waals surface area contributed by atoms with Gasteiger partial charge < -0.3 is 18.9 Å². The predicted octanol–water partition coefficient (Wildman–Crippen LogP) is 31.1. The van der Waals surface area contributed by atoms with E-state index in [9.17, 15) is 0 Å². The lowest BCUT2D eigenvalue weighted by Crippen LogP contribution is -2.10. The molecule has 0 unspecified atom stereocenters. The van der Waals surface area contributed by atoms with Gasteiger partial charge >= 0.3 is 0 Å². The van der Waals surface area contributed by atoms with E-state index >= 15 is 0 Å². The molecule has 0 aliphatic heterocycles. The molecule has 22 rings (SSSR count). The van der Waals surface area contributed by atoms with Crippen molar-refractivity contribution < 1.29 is 0 Å². The van der Waals surface area contributed by atoms with Crippen LogP contribution in [0, 0.1) is 0 Å². The van der Waals surface area contributed by atoms with Gasteiger partial charge in [0.05, 0.1) is 22.1 Å². The van der Waals surface area contributed by atoms with Gasteiger partial charge in [0.25, 0.3) is 0 Å². The third-order valence-electron chi connectivity index (χ3n) is 23.6. The van der Waals surface area contributed by atoms with Crippen LogP contribution in [0.15, 0.2) is 449 Å². The van der Waals surface area contributed by atoms with Crippen molar-refractivity contribution >= 4 is 121 Å². The molecule has 0 amide bonds. The second-order valence-electron chi connectivity index (χ2n) is 30.4. The molecule has 4 heteroatoms. The molecule has 0 spiro atoms. The molecule has 0 radical (unpaired) electrons. The molecular formula is C112H74N4. The van der Waals surface area contributed by atoms with Gasteiger partial charge in [-0.25, -0.2) is 0 Å². The first-order chi connectivity index (χ1) is 57.5. The van der Waals surface area contributed by atoms with Crippen LogP contribution in [0.3, 0.4) is 0 Å². The summed E-state index contributed by atoms with van der Waals surface area (Å²) in [5.41, 5.74) is 29.5. The predicted molar refractivity (Wildman–Crippen MR) is 493 cm³/mol. The Labute approximate surface area is 673 Å². The quantitative estimate of drug-likeness (QED) is 0.102. The first kappa shape index (κ1) is 67.5. The molecule has 0 fully saturated rings. The van der Waals surface area contributed by atoms with E-state index in [1.165, 1.54) is 109 Å². The van der Waals surface area contributed by atoms with E-state index in [2.05, 4.69) is 468 Å². The SMILES string of the molecule is c1ccc(-c2ccc(N(c3cccc(-c4ccc(-c5ccc6ccc7c8ccccc8n(-c8cccc(-c9cccc(N(c%10ccc(-c%11cccc%12ccccc%11%12)cc%10)c%10cccc(-c%11cccc%12ccccc%11%12)c%10)c9)c8)c7c6c5)cc4)c3)c3cccc(-c4cccc(-n5c6ccccc6c6cc7ccccc7cc65)c4)c3)cc2)cc1. The molecule has 0 bridgehead atoms. The van der Waals surface area contributed by atoms with Gasteiger partial charge in [-0.15, -0.1) is 0 Å². The summed E-state index contributed by atoms with van der Waals surface area (Å²) in [5, 5.41) is 14.7. The van der Waals surface area contributed by atoms with Gasteiger partial charge in [0.15, 0.2) is 0 Å². The van der Waals surface area contributed by atoms with Crippen molar-refractivity contribution in [3.63, 3.8) is 0 Å². The molecule has 0 atom stereocenters. The van der Waals surface area contributed by atoms with Gasteiger partial charge in [-0.1, -0.05) is 322 Å². The standard InChI is InChI=1S/C112H74N4/c1-2-22-75(23-3-1)76-56-61-92(62-57-76)113(95-37-15-31-84(67-95)86-33-17-40-98(69-86)115-109-48-12-11-45-105(109)108-73-88-26-4-5-27-89(88)74-111(108)115)94-36-14-30-83(66-94)77-50-52-78(53-51-77)90-55-54-82-60-65-106-104-44-10-13-49-110(104)116(112(106)107(82)72-90)99-41-18-34-87(70-99)85-32-16-38-96(68-85)114(93-63-58-81(59-64-93)102-46-20-28-79-24-6-8-42-100(79)102)97-39-19-35-91(71-97)103-47-21-29-80-25-7-9-43-101(80)103/h1-74H. The van der Waals surface area contributed by atoms with Crippen LogP contribution in [-0.4, -0.2) is 9.13 Å². The number of fused-ring (bicyclic) bond motifs is 11. The van der Waals surface area contributed by atoms with Crippen LogP contribution in [-0.2, 0) is 0 Å². The summed E-state index contributed by atoms with van der Waals surface area (Å²) in [4.78, 5) is 4.81. The molecule has 2 aromatic heterocycles. The molecule has 2 heterocycles. The second-order valence-corrected chi connectivity index (χ2v) is 30.4. The van der Waals surface area contributed by atoms with Crippen LogP contribution in [0.2, 0.25) is 0 Å². The average Bonchev–Trinajstić information content (AvgIpc) is 1.57. The molecule has 20 aromatic carbocycles. The highest BCUT2D eigenvalue weighted by Gasteiger charge is 2.23. The normalized spacial score (nSPS) is 11.6. The van der Waals surface area contributed by atoms with Gasteiger partial charge in [0, 0.05) is 72.4 Å². The molecule has 116 heavy (non-hydrogen) atoms. The molecular weight excluding hydrogens is 1400 g/mol. The number of nitrogens with zero attached hydrogens (tertiary/aromatic N) is 4. The van der Waals surface area contributed by atoms with E-state index in [0.29, 0.717) is 0 Å². The van der Waals surface area contributed by atoms with E-state index < -0.39 is 0 Å². The number of aromatic nitrogens is 2. The van der Waals surface area contributed by atoms with Crippen molar-refractivity contribution in [2.45, 2.75) is 0 Å². The first-order valence-corrected chi connectivity index (χ1v) is 39.9. The van der Waals surface area contributed by atoms with Crippen molar-refractivity contribution in [1.82, 2.24) is 9.13 Å². The van der Waals surface area contributed by atoms with Crippen LogP contribution in [0.25, 0.3) is 176 Å². The average molecular weight is 1480 g/mol. The second kappa shape index (κ2) is 28.4.